The molecule has 0 saturated heterocycles. The van der Waals surface area contributed by atoms with Crippen LogP contribution in [0.15, 0.2) is 0 Å². The average Bonchev–Trinajstić information content (AvgIpc) is 2.35. The molecule has 0 aliphatic heterocycles. The topological polar surface area (TPSA) is 0 Å². The van der Waals surface area contributed by atoms with Crippen LogP contribution in [0.25, 0.3) is 0 Å². The Bertz CT molecular complexity index is 103. The maximum absolute atomic E-state index is 3.88. The zero-order valence-electron chi connectivity index (χ0n) is 12.3. The summed E-state index contributed by atoms with van der Waals surface area (Å²) >= 11 is 0. The third kappa shape index (κ3) is 16.0. The predicted molar refractivity (Wildman–Crippen MR) is 80.3 cm³/mol. The molecule has 0 fully saturated rings. The lowest BCUT2D eigenvalue weighted by molar-refractivity contribution is 0.536. The van der Waals surface area contributed by atoms with Crippen molar-refractivity contribution in [3.63, 3.8) is 0 Å². The van der Waals surface area contributed by atoms with Crippen LogP contribution in [0.2, 0.25) is 0 Å². The van der Waals surface area contributed by atoms with E-state index in [2.05, 4.69) is 13.8 Å². The molecule has 0 heteroatoms. The van der Waals surface area contributed by atoms with Gasteiger partial charge in [0.25, 0.3) is 0 Å². The van der Waals surface area contributed by atoms with Gasteiger partial charge in [-0.15, -0.1) is 0 Å². The molecule has 0 spiro atoms. The van der Waals surface area contributed by atoms with Crippen molar-refractivity contribution < 1.29 is 0 Å². The summed E-state index contributed by atoms with van der Waals surface area (Å²) in [5.41, 5.74) is 0. The van der Waals surface area contributed by atoms with Crippen LogP contribution in [0.1, 0.15) is 103 Å². The molecular weight excluding hydrogens is 204 g/mol. The zero-order valence-corrected chi connectivity index (χ0v) is 12.3. The van der Waals surface area contributed by atoms with Gasteiger partial charge in [-0.05, 0) is 0 Å². The number of hydrogen-bond acceptors (Lipinski definition) is 0. The lowest BCUT2D eigenvalue weighted by atomic mass is 10.0. The van der Waals surface area contributed by atoms with Gasteiger partial charge in [0.2, 0.25) is 0 Å². The number of rotatable bonds is 14. The summed E-state index contributed by atoms with van der Waals surface area (Å²) in [6.07, 6.45) is 21.3. The molecule has 0 aliphatic rings. The van der Waals surface area contributed by atoms with Gasteiger partial charge in [0.1, 0.15) is 0 Å². The van der Waals surface area contributed by atoms with E-state index in [4.69, 9.17) is 0 Å². The highest BCUT2D eigenvalue weighted by molar-refractivity contribution is 4.49. The minimum Gasteiger partial charge on any atom is -0.343 e. The highest BCUT2D eigenvalue weighted by Crippen LogP contribution is 2.13. The van der Waals surface area contributed by atoms with Crippen LogP contribution < -0.4 is 0 Å². The Labute approximate surface area is 111 Å². The molecule has 0 bridgehead atoms. The molecule has 104 valence electrons. The van der Waals surface area contributed by atoms with Gasteiger partial charge in [0.15, 0.2) is 0 Å². The van der Waals surface area contributed by atoms with Gasteiger partial charge >= 0.3 is 0 Å². The summed E-state index contributed by atoms with van der Waals surface area (Å²) in [6, 6.07) is 0. The second kappa shape index (κ2) is 16.0. The quantitative estimate of drug-likeness (QED) is 0.234. The van der Waals surface area contributed by atoms with E-state index in [1.807, 2.05) is 0 Å². The van der Waals surface area contributed by atoms with Crippen molar-refractivity contribution >= 4 is 0 Å². The molecule has 0 aliphatic carbocycles. The molecule has 0 radical (unpaired) electrons. The summed E-state index contributed by atoms with van der Waals surface area (Å²) < 4.78 is 0. The van der Waals surface area contributed by atoms with Crippen molar-refractivity contribution in [3.8, 4) is 0 Å². The van der Waals surface area contributed by atoms with Crippen molar-refractivity contribution in [2.24, 2.45) is 0 Å². The van der Waals surface area contributed by atoms with E-state index in [1.165, 1.54) is 89.9 Å². The highest BCUT2D eigenvalue weighted by atomic mass is 14.0. The van der Waals surface area contributed by atoms with E-state index in [-0.39, 0.29) is 0 Å². The summed E-state index contributed by atoms with van der Waals surface area (Å²) in [4.78, 5) is 0. The summed E-state index contributed by atoms with van der Waals surface area (Å²) in [5.74, 6) is 0. The zero-order chi connectivity index (χ0) is 12.6. The third-order valence-electron chi connectivity index (χ3n) is 3.60. The maximum Gasteiger partial charge on any atom is -0.0533 e. The van der Waals surface area contributed by atoms with Crippen LogP contribution in [-0.2, 0) is 0 Å². The van der Waals surface area contributed by atoms with E-state index in [9.17, 15) is 0 Å². The molecule has 0 heterocycles. The fraction of sp³-hybridized carbons (Fsp3) is 0.941. The van der Waals surface area contributed by atoms with E-state index in [0.29, 0.717) is 0 Å². The monoisotopic (exact) mass is 239 g/mol. The standard InChI is InChI=1S/C17H35/c1-3-5-7-9-11-13-15-17-16-14-12-10-8-6-4-2/h1,3-17H2,2H3/q-1. The molecular formula is C17H35-. The van der Waals surface area contributed by atoms with Gasteiger partial charge in [-0.2, -0.15) is 6.42 Å². The first-order chi connectivity index (χ1) is 8.41. The summed E-state index contributed by atoms with van der Waals surface area (Å²) in [6.45, 7) is 6.17. The van der Waals surface area contributed by atoms with E-state index < -0.39 is 0 Å². The molecule has 0 rings (SSSR count). The molecule has 0 N–H and O–H groups in total. The minimum absolute atomic E-state index is 1.12. The van der Waals surface area contributed by atoms with Crippen LogP contribution >= 0.6 is 0 Å². The van der Waals surface area contributed by atoms with Crippen LogP contribution in [0.5, 0.6) is 0 Å². The van der Waals surface area contributed by atoms with Crippen molar-refractivity contribution in [3.05, 3.63) is 6.92 Å². The number of hydrogen-bond donors (Lipinski definition) is 0. The first kappa shape index (κ1) is 17.0. The predicted octanol–water partition coefficient (Wildman–Crippen LogP) is 6.69. The second-order valence-electron chi connectivity index (χ2n) is 5.45. The van der Waals surface area contributed by atoms with Gasteiger partial charge in [-0.1, -0.05) is 96.8 Å². The Morgan fingerprint density at radius 3 is 1.06 bits per heavy atom. The van der Waals surface area contributed by atoms with E-state index in [0.717, 1.165) is 6.42 Å². The fourth-order valence-electron chi connectivity index (χ4n) is 2.37. The van der Waals surface area contributed by atoms with Gasteiger partial charge in [-0.25, -0.2) is 0 Å². The summed E-state index contributed by atoms with van der Waals surface area (Å²) in [7, 11) is 0. The maximum atomic E-state index is 3.88. The molecule has 0 saturated carbocycles. The van der Waals surface area contributed by atoms with Crippen LogP contribution in [-0.4, -0.2) is 0 Å². The second-order valence-corrected chi connectivity index (χ2v) is 5.45. The molecule has 17 heavy (non-hydrogen) atoms. The van der Waals surface area contributed by atoms with Crippen LogP contribution in [0, 0.1) is 6.92 Å². The SMILES string of the molecule is [CH2-]CCCCCCCCCCCCCCCC. The first-order valence-corrected chi connectivity index (χ1v) is 8.21. The molecule has 0 amide bonds. The molecule has 0 atom stereocenters. The van der Waals surface area contributed by atoms with Crippen molar-refractivity contribution in [1.29, 1.82) is 0 Å². The molecule has 0 nitrogen and oxygen atoms in total. The lowest BCUT2D eigenvalue weighted by Gasteiger charge is -2.03. The first-order valence-electron chi connectivity index (χ1n) is 8.21. The average molecular weight is 239 g/mol. The Morgan fingerprint density at radius 1 is 0.471 bits per heavy atom. The Kier molecular flexibility index (Phi) is 16.0. The van der Waals surface area contributed by atoms with Crippen molar-refractivity contribution in [2.75, 3.05) is 0 Å². The Hall–Kier alpha value is 0. The Morgan fingerprint density at radius 2 is 0.765 bits per heavy atom. The van der Waals surface area contributed by atoms with Crippen molar-refractivity contribution in [2.45, 2.75) is 103 Å². The van der Waals surface area contributed by atoms with Crippen LogP contribution in [0.4, 0.5) is 0 Å². The van der Waals surface area contributed by atoms with Gasteiger partial charge in [0, 0.05) is 0 Å². The Balaban J connectivity index is 2.85. The highest BCUT2D eigenvalue weighted by Gasteiger charge is 1.92. The van der Waals surface area contributed by atoms with Gasteiger partial charge in [0.05, 0.1) is 0 Å². The molecule has 0 aromatic carbocycles. The van der Waals surface area contributed by atoms with Crippen molar-refractivity contribution in [1.82, 2.24) is 0 Å². The van der Waals surface area contributed by atoms with Gasteiger partial charge in [-0.3, -0.25) is 0 Å². The molecule has 0 unspecified atom stereocenters. The van der Waals surface area contributed by atoms with E-state index in [1.54, 1.807) is 0 Å². The van der Waals surface area contributed by atoms with Gasteiger partial charge < -0.3 is 6.92 Å². The third-order valence-corrected chi connectivity index (χ3v) is 3.60. The number of unbranched alkanes of at least 4 members (excludes halogenated alkanes) is 14. The van der Waals surface area contributed by atoms with E-state index >= 15 is 0 Å². The lowest BCUT2D eigenvalue weighted by Crippen LogP contribution is -1.82. The molecule has 0 aromatic heterocycles. The molecule has 0 aromatic rings. The minimum atomic E-state index is 1.12. The fourth-order valence-corrected chi connectivity index (χ4v) is 2.37. The smallest absolute Gasteiger partial charge is 0.0533 e. The summed E-state index contributed by atoms with van der Waals surface area (Å²) in [5, 5.41) is 0. The van der Waals surface area contributed by atoms with Crippen LogP contribution in [0.3, 0.4) is 0 Å². The largest absolute Gasteiger partial charge is 0.343 e. The normalized spacial score (nSPS) is 10.9.